The van der Waals surface area contributed by atoms with Crippen LogP contribution in [0.2, 0.25) is 0 Å². The van der Waals surface area contributed by atoms with Crippen LogP contribution in [0.4, 0.5) is 0 Å². The molecular weight excluding hydrogens is 228 g/mol. The fourth-order valence-electron chi connectivity index (χ4n) is 1.85. The van der Waals surface area contributed by atoms with Gasteiger partial charge in [-0.1, -0.05) is 31.9 Å². The molecule has 1 rings (SSSR count). The normalized spacial score (nSPS) is 10.2. The maximum absolute atomic E-state index is 11.2. The largest absolute Gasteiger partial charge is 0.493 e. The molecule has 0 aromatic heterocycles. The van der Waals surface area contributed by atoms with Gasteiger partial charge < -0.3 is 9.47 Å². The lowest BCUT2D eigenvalue weighted by molar-refractivity contribution is -0.116. The van der Waals surface area contributed by atoms with Gasteiger partial charge >= 0.3 is 0 Å². The van der Waals surface area contributed by atoms with E-state index in [9.17, 15) is 4.79 Å². The van der Waals surface area contributed by atoms with Gasteiger partial charge in [-0.15, -0.1) is 0 Å². The van der Waals surface area contributed by atoms with Gasteiger partial charge in [0.25, 0.3) is 0 Å². The first kappa shape index (κ1) is 14.6. The summed E-state index contributed by atoms with van der Waals surface area (Å²) < 4.78 is 11.1. The lowest BCUT2D eigenvalue weighted by atomic mass is 10.1. The van der Waals surface area contributed by atoms with Crippen LogP contribution >= 0.6 is 0 Å². The Morgan fingerprint density at radius 2 is 2.06 bits per heavy atom. The summed E-state index contributed by atoms with van der Waals surface area (Å²) in [5.74, 6) is 1.54. The number of ketones is 1. The van der Waals surface area contributed by atoms with E-state index in [1.54, 1.807) is 14.0 Å². The summed E-state index contributed by atoms with van der Waals surface area (Å²) in [4.78, 5) is 11.2. The van der Waals surface area contributed by atoms with E-state index in [0.29, 0.717) is 18.8 Å². The van der Waals surface area contributed by atoms with Crippen LogP contribution in [0.3, 0.4) is 0 Å². The first-order valence-corrected chi connectivity index (χ1v) is 6.47. The van der Waals surface area contributed by atoms with Crippen molar-refractivity contribution in [3.05, 3.63) is 23.8 Å². The molecule has 0 aliphatic rings. The van der Waals surface area contributed by atoms with Crippen LogP contribution < -0.4 is 9.47 Å². The third kappa shape index (κ3) is 4.40. The quantitative estimate of drug-likeness (QED) is 0.663. The highest BCUT2D eigenvalue weighted by Crippen LogP contribution is 2.31. The van der Waals surface area contributed by atoms with Gasteiger partial charge in [0, 0.05) is 12.0 Å². The number of ether oxygens (including phenoxy) is 2. The molecular formula is C15H22O3. The molecule has 0 radical (unpaired) electrons. The van der Waals surface area contributed by atoms with Crippen LogP contribution in [0.1, 0.15) is 38.7 Å². The predicted molar refractivity (Wildman–Crippen MR) is 72.4 cm³/mol. The van der Waals surface area contributed by atoms with E-state index in [-0.39, 0.29) is 5.78 Å². The minimum Gasteiger partial charge on any atom is -0.493 e. The van der Waals surface area contributed by atoms with Crippen LogP contribution in [-0.4, -0.2) is 19.5 Å². The van der Waals surface area contributed by atoms with E-state index in [4.69, 9.17) is 9.47 Å². The van der Waals surface area contributed by atoms with Crippen molar-refractivity contribution in [3.8, 4) is 11.5 Å². The Balaban J connectivity index is 2.74. The number of Topliss-reactive ketones (excluding diaryl/α,β-unsaturated/α-hetero) is 1. The second-order valence-corrected chi connectivity index (χ2v) is 4.38. The number of benzene rings is 1. The van der Waals surface area contributed by atoms with Crippen molar-refractivity contribution in [1.29, 1.82) is 0 Å². The van der Waals surface area contributed by atoms with Crippen LogP contribution in [-0.2, 0) is 11.2 Å². The lowest BCUT2D eigenvalue weighted by Gasteiger charge is -2.13. The Morgan fingerprint density at radius 1 is 1.28 bits per heavy atom. The molecule has 0 aliphatic carbocycles. The van der Waals surface area contributed by atoms with Crippen molar-refractivity contribution in [2.24, 2.45) is 0 Å². The average Bonchev–Trinajstić information content (AvgIpc) is 2.34. The summed E-state index contributed by atoms with van der Waals surface area (Å²) in [6, 6.07) is 5.68. The van der Waals surface area contributed by atoms with Crippen LogP contribution in [0.25, 0.3) is 0 Å². The summed E-state index contributed by atoms with van der Waals surface area (Å²) in [6.45, 7) is 4.43. The number of para-hydroxylation sites is 1. The summed E-state index contributed by atoms with van der Waals surface area (Å²) in [7, 11) is 1.61. The Kier molecular flexibility index (Phi) is 6.26. The number of carbonyl (C=O) groups excluding carboxylic acids is 1. The van der Waals surface area contributed by atoms with E-state index < -0.39 is 0 Å². The van der Waals surface area contributed by atoms with Gasteiger partial charge in [-0.05, 0) is 19.4 Å². The average molecular weight is 250 g/mol. The summed E-state index contributed by atoms with van der Waals surface area (Å²) >= 11 is 0. The molecule has 0 fully saturated rings. The highest BCUT2D eigenvalue weighted by molar-refractivity contribution is 5.79. The van der Waals surface area contributed by atoms with Gasteiger partial charge in [0.15, 0.2) is 11.5 Å². The van der Waals surface area contributed by atoms with Gasteiger partial charge in [-0.25, -0.2) is 0 Å². The lowest BCUT2D eigenvalue weighted by Crippen LogP contribution is -2.03. The molecule has 0 amide bonds. The molecule has 3 heteroatoms. The molecule has 1 aromatic carbocycles. The summed E-state index contributed by atoms with van der Waals surface area (Å²) in [5.41, 5.74) is 0.887. The molecule has 0 saturated carbocycles. The maximum Gasteiger partial charge on any atom is 0.164 e. The second kappa shape index (κ2) is 7.75. The first-order valence-electron chi connectivity index (χ1n) is 6.47. The number of methoxy groups -OCH3 is 1. The number of carbonyl (C=O) groups is 1. The van der Waals surface area contributed by atoms with Gasteiger partial charge in [0.2, 0.25) is 0 Å². The van der Waals surface area contributed by atoms with E-state index in [0.717, 1.165) is 24.2 Å². The Labute approximate surface area is 109 Å². The highest BCUT2D eigenvalue weighted by atomic mass is 16.5. The van der Waals surface area contributed by atoms with Gasteiger partial charge in [-0.3, -0.25) is 4.79 Å². The van der Waals surface area contributed by atoms with Crippen molar-refractivity contribution in [2.75, 3.05) is 13.7 Å². The Bertz CT molecular complexity index is 385. The zero-order valence-corrected chi connectivity index (χ0v) is 11.5. The van der Waals surface area contributed by atoms with Crippen molar-refractivity contribution >= 4 is 5.78 Å². The van der Waals surface area contributed by atoms with Crippen LogP contribution in [0.15, 0.2) is 18.2 Å². The minimum atomic E-state index is 0.122. The van der Waals surface area contributed by atoms with Crippen LogP contribution in [0, 0.1) is 0 Å². The van der Waals surface area contributed by atoms with Crippen molar-refractivity contribution in [2.45, 2.75) is 39.5 Å². The molecule has 0 aliphatic heterocycles. The molecule has 0 saturated heterocycles. The minimum absolute atomic E-state index is 0.122. The SMILES string of the molecule is CCCCCOc1cccc(CC(C)=O)c1OC. The Hall–Kier alpha value is -1.51. The van der Waals surface area contributed by atoms with Gasteiger partial charge in [-0.2, -0.15) is 0 Å². The summed E-state index contributed by atoms with van der Waals surface area (Å²) in [5, 5.41) is 0. The highest BCUT2D eigenvalue weighted by Gasteiger charge is 2.11. The van der Waals surface area contributed by atoms with Gasteiger partial charge in [0.1, 0.15) is 5.78 Å². The third-order valence-electron chi connectivity index (χ3n) is 2.71. The molecule has 3 nitrogen and oxygen atoms in total. The third-order valence-corrected chi connectivity index (χ3v) is 2.71. The zero-order valence-electron chi connectivity index (χ0n) is 11.5. The van der Waals surface area contributed by atoms with Crippen molar-refractivity contribution in [3.63, 3.8) is 0 Å². The van der Waals surface area contributed by atoms with Crippen molar-refractivity contribution < 1.29 is 14.3 Å². The monoisotopic (exact) mass is 250 g/mol. The van der Waals surface area contributed by atoms with E-state index in [1.165, 1.54) is 6.42 Å². The molecule has 0 bridgehead atoms. The van der Waals surface area contributed by atoms with Gasteiger partial charge in [0.05, 0.1) is 13.7 Å². The predicted octanol–water partition coefficient (Wildman–Crippen LogP) is 3.40. The molecule has 0 unspecified atom stereocenters. The van der Waals surface area contributed by atoms with Crippen molar-refractivity contribution in [1.82, 2.24) is 0 Å². The fraction of sp³-hybridized carbons (Fsp3) is 0.533. The van der Waals surface area contributed by atoms with E-state index >= 15 is 0 Å². The second-order valence-electron chi connectivity index (χ2n) is 4.38. The number of hydrogen-bond donors (Lipinski definition) is 0. The molecule has 0 N–H and O–H groups in total. The smallest absolute Gasteiger partial charge is 0.164 e. The van der Waals surface area contributed by atoms with Crippen LogP contribution in [0.5, 0.6) is 11.5 Å². The molecule has 18 heavy (non-hydrogen) atoms. The number of hydrogen-bond acceptors (Lipinski definition) is 3. The molecule has 100 valence electrons. The fourth-order valence-corrected chi connectivity index (χ4v) is 1.85. The maximum atomic E-state index is 11.2. The first-order chi connectivity index (χ1) is 8.69. The zero-order chi connectivity index (χ0) is 13.4. The standard InChI is InChI=1S/C15H22O3/c1-4-5-6-10-18-14-9-7-8-13(11-12(2)16)15(14)17-3/h7-9H,4-6,10-11H2,1-3H3. The van der Waals surface area contributed by atoms with E-state index in [2.05, 4.69) is 6.92 Å². The molecule has 0 spiro atoms. The van der Waals surface area contributed by atoms with E-state index in [1.807, 2.05) is 18.2 Å². The molecule has 1 aromatic rings. The topological polar surface area (TPSA) is 35.5 Å². The number of unbranched alkanes of at least 4 members (excludes halogenated alkanes) is 2. The molecule has 0 heterocycles. The summed E-state index contributed by atoms with van der Waals surface area (Å²) in [6.07, 6.45) is 3.76. The Morgan fingerprint density at radius 3 is 2.67 bits per heavy atom. The number of rotatable bonds is 8. The molecule has 0 atom stereocenters.